The van der Waals surface area contributed by atoms with Gasteiger partial charge in [-0.05, 0) is 25.7 Å². The van der Waals surface area contributed by atoms with E-state index >= 15 is 0 Å². The third kappa shape index (κ3) is 10.5. The lowest BCUT2D eigenvalue weighted by molar-refractivity contribution is -0.197. The van der Waals surface area contributed by atoms with Crippen LogP contribution < -0.4 is 5.32 Å². The second-order valence-corrected chi connectivity index (χ2v) is 14.0. The first-order chi connectivity index (χ1) is 21.8. The number of rotatable bonds is 22. The third-order valence-corrected chi connectivity index (χ3v) is 9.83. The van der Waals surface area contributed by atoms with Gasteiger partial charge in [-0.25, -0.2) is 0 Å². The average molecular weight is 630 g/mol. The Labute approximate surface area is 271 Å². The van der Waals surface area contributed by atoms with Gasteiger partial charge in [-0.1, -0.05) is 128 Å². The predicted molar refractivity (Wildman–Crippen MR) is 174 cm³/mol. The summed E-state index contributed by atoms with van der Waals surface area (Å²) in [5, 5.41) is 3.01. The third-order valence-electron chi connectivity index (χ3n) is 9.83. The zero-order valence-corrected chi connectivity index (χ0v) is 28.4. The number of ether oxygens (including phenoxy) is 4. The molecule has 7 unspecified atom stereocenters. The number of esters is 1. The van der Waals surface area contributed by atoms with Crippen LogP contribution in [0.4, 0.5) is 0 Å². The summed E-state index contributed by atoms with van der Waals surface area (Å²) in [7, 11) is 0. The first-order valence-electron chi connectivity index (χ1n) is 18.2. The van der Waals surface area contributed by atoms with Crippen LogP contribution in [-0.2, 0) is 33.3 Å². The minimum Gasteiger partial charge on any atom is -0.433 e. The summed E-state index contributed by atoms with van der Waals surface area (Å²) in [6.07, 6.45) is 22.8. The Morgan fingerprint density at radius 3 is 2.02 bits per heavy atom. The Morgan fingerprint density at radius 2 is 1.42 bits per heavy atom. The number of carbonyl (C=O) groups is 3. The van der Waals surface area contributed by atoms with Crippen LogP contribution in [0.3, 0.4) is 0 Å². The molecule has 1 aliphatic carbocycles. The molecule has 0 aromatic carbocycles. The molecule has 3 aliphatic heterocycles. The van der Waals surface area contributed by atoms with Crippen molar-refractivity contribution in [1.29, 1.82) is 0 Å². The van der Waals surface area contributed by atoms with Gasteiger partial charge in [0, 0.05) is 18.9 Å². The Kier molecular flexibility index (Phi) is 14.1. The van der Waals surface area contributed by atoms with E-state index in [1.807, 2.05) is 13.0 Å². The molecule has 8 nitrogen and oxygen atoms in total. The zero-order valence-electron chi connectivity index (χ0n) is 28.4. The molecule has 0 radical (unpaired) electrons. The quantitative estimate of drug-likeness (QED) is 0.0436. The highest BCUT2D eigenvalue weighted by Gasteiger charge is 2.79. The van der Waals surface area contributed by atoms with Crippen LogP contribution in [0.5, 0.6) is 0 Å². The molecule has 1 saturated carbocycles. The standard InChI is InChI=1S/C37H59NO7/c1-5-7-9-11-12-13-14-15-16-17-19-21-30(40)42-36-28(25-37(45-36)34-32(43-34)31(41)33-35(37)44-33)38-29(39)23-22-27(4)24-26(3)20-18-10-8-6-2/h22-24,26,28,32-36H,5-21,25H2,1-4H3,(H,38,39)/b23-22+,27-24+. The molecule has 4 rings (SSSR count). The van der Waals surface area contributed by atoms with Gasteiger partial charge in [0.2, 0.25) is 12.2 Å². The fourth-order valence-corrected chi connectivity index (χ4v) is 7.14. The summed E-state index contributed by atoms with van der Waals surface area (Å²) in [5.41, 5.74) is 0.145. The van der Waals surface area contributed by atoms with Gasteiger partial charge in [0.05, 0.1) is 6.04 Å². The van der Waals surface area contributed by atoms with Crippen molar-refractivity contribution in [1.82, 2.24) is 5.32 Å². The summed E-state index contributed by atoms with van der Waals surface area (Å²) in [6, 6.07) is -0.562. The maximum absolute atomic E-state index is 13.0. The van der Waals surface area contributed by atoms with Gasteiger partial charge in [0.25, 0.3) is 0 Å². The number of epoxide rings is 2. The van der Waals surface area contributed by atoms with Gasteiger partial charge in [0.15, 0.2) is 5.78 Å². The molecule has 0 aromatic heterocycles. The fourth-order valence-electron chi connectivity index (χ4n) is 7.14. The highest BCUT2D eigenvalue weighted by atomic mass is 16.8. The number of carbonyl (C=O) groups excluding carboxylic acids is 3. The molecular formula is C37H59NO7. The van der Waals surface area contributed by atoms with Gasteiger partial charge < -0.3 is 24.3 Å². The largest absolute Gasteiger partial charge is 0.433 e. The molecule has 1 N–H and O–H groups in total. The summed E-state index contributed by atoms with van der Waals surface area (Å²) >= 11 is 0. The average Bonchev–Trinajstić information content (AvgIpc) is 3.94. The smallest absolute Gasteiger partial charge is 0.308 e. The Balaban J connectivity index is 1.23. The summed E-state index contributed by atoms with van der Waals surface area (Å²) in [4.78, 5) is 38.3. The van der Waals surface area contributed by atoms with E-state index in [0.717, 1.165) is 31.3 Å². The molecule has 7 atom stereocenters. The number of hydrogen-bond donors (Lipinski definition) is 1. The number of unbranched alkanes of at least 4 members (excludes halogenated alkanes) is 13. The van der Waals surface area contributed by atoms with Crippen LogP contribution in [0, 0.1) is 5.92 Å². The summed E-state index contributed by atoms with van der Waals surface area (Å²) < 4.78 is 23.6. The minimum atomic E-state index is -0.953. The summed E-state index contributed by atoms with van der Waals surface area (Å²) in [6.45, 7) is 8.68. The van der Waals surface area contributed by atoms with E-state index in [1.165, 1.54) is 83.1 Å². The van der Waals surface area contributed by atoms with Crippen LogP contribution in [0.25, 0.3) is 0 Å². The first-order valence-corrected chi connectivity index (χ1v) is 18.2. The van der Waals surface area contributed by atoms with Crippen LogP contribution in [0.1, 0.15) is 143 Å². The van der Waals surface area contributed by atoms with Gasteiger partial charge in [-0.3, -0.25) is 14.4 Å². The zero-order chi connectivity index (χ0) is 32.2. The van der Waals surface area contributed by atoms with E-state index in [4.69, 9.17) is 18.9 Å². The van der Waals surface area contributed by atoms with E-state index in [2.05, 4.69) is 32.2 Å². The SMILES string of the molecule is CCCCCCCCCCCCCC(=O)OC1OC2(CC1NC(=O)/C=C/C(C)=C/C(C)CCCCCC)C1OC1C(=O)C1OC12. The number of nitrogens with one attached hydrogen (secondary N) is 1. The second kappa shape index (κ2) is 17.8. The number of allylic oxidation sites excluding steroid dienone is 3. The molecule has 4 fully saturated rings. The maximum Gasteiger partial charge on any atom is 0.308 e. The number of amides is 1. The van der Waals surface area contributed by atoms with Crippen molar-refractivity contribution in [3.63, 3.8) is 0 Å². The van der Waals surface area contributed by atoms with Crippen LogP contribution in [0.15, 0.2) is 23.8 Å². The van der Waals surface area contributed by atoms with Gasteiger partial charge >= 0.3 is 5.97 Å². The molecule has 8 heteroatoms. The molecule has 3 heterocycles. The van der Waals surface area contributed by atoms with E-state index in [0.29, 0.717) is 18.8 Å². The molecule has 0 aromatic rings. The van der Waals surface area contributed by atoms with Crippen molar-refractivity contribution in [3.05, 3.63) is 23.8 Å². The molecule has 1 spiro atoms. The van der Waals surface area contributed by atoms with Crippen LogP contribution >= 0.6 is 0 Å². The van der Waals surface area contributed by atoms with Gasteiger partial charge in [-0.2, -0.15) is 0 Å². The van der Waals surface area contributed by atoms with Crippen molar-refractivity contribution in [2.75, 3.05) is 0 Å². The Morgan fingerprint density at radius 1 is 0.867 bits per heavy atom. The molecule has 3 saturated heterocycles. The molecule has 0 bridgehead atoms. The lowest BCUT2D eigenvalue weighted by Crippen LogP contribution is -2.49. The van der Waals surface area contributed by atoms with Crippen LogP contribution in [-0.4, -0.2) is 60.0 Å². The van der Waals surface area contributed by atoms with Gasteiger partial charge in [0.1, 0.15) is 30.0 Å². The van der Waals surface area contributed by atoms with Crippen molar-refractivity contribution >= 4 is 17.7 Å². The van der Waals surface area contributed by atoms with Crippen molar-refractivity contribution in [3.8, 4) is 0 Å². The van der Waals surface area contributed by atoms with Gasteiger partial charge in [-0.15, -0.1) is 0 Å². The minimum absolute atomic E-state index is 0.0402. The molecule has 1 amide bonds. The molecule has 254 valence electrons. The van der Waals surface area contributed by atoms with Crippen molar-refractivity contribution < 1.29 is 33.3 Å². The van der Waals surface area contributed by atoms with E-state index in [-0.39, 0.29) is 17.7 Å². The maximum atomic E-state index is 13.0. The lowest BCUT2D eigenvalue weighted by atomic mass is 9.81. The highest BCUT2D eigenvalue weighted by molar-refractivity contribution is 5.95. The van der Waals surface area contributed by atoms with Crippen molar-refractivity contribution in [2.45, 2.75) is 186 Å². The molecular weight excluding hydrogens is 570 g/mol. The number of fused-ring (bicyclic) bond motifs is 4. The monoisotopic (exact) mass is 629 g/mol. The van der Waals surface area contributed by atoms with Crippen LogP contribution in [0.2, 0.25) is 0 Å². The summed E-state index contributed by atoms with van der Waals surface area (Å²) in [5.74, 6) is -0.193. The fraction of sp³-hybridized carbons (Fsp3) is 0.811. The highest BCUT2D eigenvalue weighted by Crippen LogP contribution is 2.57. The Hall–Kier alpha value is -2.03. The lowest BCUT2D eigenvalue weighted by Gasteiger charge is -2.27. The van der Waals surface area contributed by atoms with E-state index in [1.54, 1.807) is 0 Å². The number of Topliss-reactive ketones (excluding diaryl/α,β-unsaturated/α-hetero) is 1. The molecule has 4 aliphatic rings. The first kappa shape index (κ1) is 35.8. The molecule has 45 heavy (non-hydrogen) atoms. The number of ketones is 1. The van der Waals surface area contributed by atoms with Crippen molar-refractivity contribution in [2.24, 2.45) is 5.92 Å². The van der Waals surface area contributed by atoms with E-state index in [9.17, 15) is 14.4 Å². The second-order valence-electron chi connectivity index (χ2n) is 14.0. The van der Waals surface area contributed by atoms with E-state index < -0.39 is 42.3 Å². The number of hydrogen-bond acceptors (Lipinski definition) is 7. The Bertz CT molecular complexity index is 1020. The topological polar surface area (TPSA) is 107 Å². The predicted octanol–water partition coefficient (Wildman–Crippen LogP) is 7.43. The normalized spacial score (nSPS) is 30.8.